The van der Waals surface area contributed by atoms with Gasteiger partial charge in [-0.15, -0.1) is 11.8 Å². The van der Waals surface area contributed by atoms with Crippen LogP contribution in [0.2, 0.25) is 0 Å². The van der Waals surface area contributed by atoms with Gasteiger partial charge in [0.15, 0.2) is 11.5 Å². The van der Waals surface area contributed by atoms with Crippen molar-refractivity contribution < 1.29 is 19.1 Å². The van der Waals surface area contributed by atoms with Crippen molar-refractivity contribution in [3.05, 3.63) is 89.5 Å². The van der Waals surface area contributed by atoms with E-state index in [1.54, 1.807) is 12.1 Å². The van der Waals surface area contributed by atoms with E-state index in [0.717, 1.165) is 22.6 Å². The van der Waals surface area contributed by atoms with Crippen molar-refractivity contribution in [1.29, 1.82) is 0 Å². The van der Waals surface area contributed by atoms with Gasteiger partial charge in [-0.25, -0.2) is 0 Å². The number of hydrogen-bond acceptors (Lipinski definition) is 5. The second-order valence-corrected chi connectivity index (χ2v) is 7.96. The van der Waals surface area contributed by atoms with Crippen molar-refractivity contribution >= 4 is 29.3 Å². The third-order valence-electron chi connectivity index (χ3n) is 4.67. The maximum absolute atomic E-state index is 12.4. The number of nitrogens with one attached hydrogen (secondary N) is 2. The van der Waals surface area contributed by atoms with E-state index in [2.05, 4.69) is 10.6 Å². The lowest BCUT2D eigenvalue weighted by Crippen LogP contribution is -2.22. The second-order valence-electron chi connectivity index (χ2n) is 6.97. The van der Waals surface area contributed by atoms with Crippen LogP contribution in [0, 0.1) is 0 Å². The smallest absolute Gasteiger partial charge is 0.251 e. The highest BCUT2D eigenvalue weighted by atomic mass is 32.2. The minimum atomic E-state index is -0.140. The van der Waals surface area contributed by atoms with E-state index in [4.69, 9.17) is 9.47 Å². The van der Waals surface area contributed by atoms with E-state index < -0.39 is 0 Å². The molecule has 31 heavy (non-hydrogen) atoms. The van der Waals surface area contributed by atoms with Crippen LogP contribution in [0.1, 0.15) is 21.5 Å². The normalized spacial score (nSPS) is 11.7. The van der Waals surface area contributed by atoms with Gasteiger partial charge in [-0.2, -0.15) is 0 Å². The molecule has 0 atom stereocenters. The Balaban J connectivity index is 1.21. The molecule has 0 spiro atoms. The summed E-state index contributed by atoms with van der Waals surface area (Å²) in [6.45, 7) is 0.636. The first-order valence-electron chi connectivity index (χ1n) is 9.86. The zero-order chi connectivity index (χ0) is 21.5. The highest BCUT2D eigenvalue weighted by Gasteiger charge is 2.13. The maximum Gasteiger partial charge on any atom is 0.251 e. The highest BCUT2D eigenvalue weighted by Crippen LogP contribution is 2.32. The van der Waals surface area contributed by atoms with Gasteiger partial charge in [-0.05, 0) is 47.5 Å². The summed E-state index contributed by atoms with van der Waals surface area (Å²) in [6, 6.07) is 22.4. The molecule has 0 aliphatic carbocycles. The van der Waals surface area contributed by atoms with Crippen LogP contribution in [0.4, 0.5) is 5.69 Å². The number of thioether (sulfide) groups is 1. The monoisotopic (exact) mass is 434 g/mol. The molecule has 2 amide bonds. The Morgan fingerprint density at radius 1 is 0.871 bits per heavy atom. The number of carbonyl (C=O) groups excluding carboxylic acids is 2. The molecule has 0 saturated heterocycles. The number of ether oxygens (including phenoxy) is 2. The standard InChI is InChI=1S/C24H22N2O4S/c27-23(26-20-4-2-1-3-5-20)15-31-14-17-6-9-19(10-7-17)24(28)25-13-18-8-11-21-22(12-18)30-16-29-21/h1-12H,13-16H2,(H,25,28)(H,26,27). The predicted molar refractivity (Wildman–Crippen MR) is 121 cm³/mol. The molecular weight excluding hydrogens is 412 g/mol. The molecule has 3 aromatic carbocycles. The van der Waals surface area contributed by atoms with Crippen molar-refractivity contribution in [3.8, 4) is 11.5 Å². The number of para-hydroxylation sites is 1. The minimum absolute atomic E-state index is 0.0317. The second kappa shape index (κ2) is 10.0. The number of amides is 2. The van der Waals surface area contributed by atoms with E-state index in [1.807, 2.05) is 60.7 Å². The Hall–Kier alpha value is -3.45. The molecule has 2 N–H and O–H groups in total. The molecule has 1 aliphatic rings. The minimum Gasteiger partial charge on any atom is -0.454 e. The molecule has 158 valence electrons. The Bertz CT molecular complexity index is 1050. The lowest BCUT2D eigenvalue weighted by molar-refractivity contribution is -0.113. The molecule has 7 heteroatoms. The van der Waals surface area contributed by atoms with Crippen LogP contribution in [0.5, 0.6) is 11.5 Å². The molecular formula is C24H22N2O4S. The third-order valence-corrected chi connectivity index (χ3v) is 5.67. The van der Waals surface area contributed by atoms with Crippen molar-refractivity contribution in [2.24, 2.45) is 0 Å². The average Bonchev–Trinajstić information content (AvgIpc) is 3.26. The number of carbonyl (C=O) groups is 2. The van der Waals surface area contributed by atoms with Crippen LogP contribution in [-0.4, -0.2) is 24.4 Å². The Labute approximate surface area is 185 Å². The molecule has 0 aromatic heterocycles. The molecule has 0 bridgehead atoms. The summed E-state index contributed by atoms with van der Waals surface area (Å²) in [6.07, 6.45) is 0. The lowest BCUT2D eigenvalue weighted by atomic mass is 10.1. The topological polar surface area (TPSA) is 76.7 Å². The van der Waals surface area contributed by atoms with E-state index in [-0.39, 0.29) is 18.6 Å². The number of anilines is 1. The first-order valence-corrected chi connectivity index (χ1v) is 11.0. The summed E-state index contributed by atoms with van der Waals surface area (Å²) in [5.74, 6) is 2.32. The first kappa shape index (κ1) is 20.8. The zero-order valence-corrected chi connectivity index (χ0v) is 17.6. The molecule has 0 unspecified atom stereocenters. The number of hydrogen-bond donors (Lipinski definition) is 2. The molecule has 0 fully saturated rings. The summed E-state index contributed by atoms with van der Waals surface area (Å²) in [5.41, 5.74) is 3.39. The van der Waals surface area contributed by atoms with Crippen molar-refractivity contribution in [2.45, 2.75) is 12.3 Å². The van der Waals surface area contributed by atoms with Gasteiger partial charge in [-0.1, -0.05) is 36.4 Å². The summed E-state index contributed by atoms with van der Waals surface area (Å²) in [5, 5.41) is 5.78. The van der Waals surface area contributed by atoms with E-state index in [1.165, 1.54) is 11.8 Å². The maximum atomic E-state index is 12.4. The van der Waals surface area contributed by atoms with Gasteiger partial charge in [-0.3, -0.25) is 9.59 Å². The van der Waals surface area contributed by atoms with Gasteiger partial charge >= 0.3 is 0 Å². The van der Waals surface area contributed by atoms with Gasteiger partial charge in [0.05, 0.1) is 5.75 Å². The van der Waals surface area contributed by atoms with Crippen LogP contribution in [0.3, 0.4) is 0 Å². The number of benzene rings is 3. The quantitative estimate of drug-likeness (QED) is 0.555. The van der Waals surface area contributed by atoms with Gasteiger partial charge in [0.1, 0.15) is 0 Å². The van der Waals surface area contributed by atoms with Crippen molar-refractivity contribution in [2.75, 3.05) is 17.9 Å². The molecule has 0 radical (unpaired) electrons. The summed E-state index contributed by atoms with van der Waals surface area (Å²) in [4.78, 5) is 24.4. The Morgan fingerprint density at radius 2 is 1.61 bits per heavy atom. The fraction of sp³-hybridized carbons (Fsp3) is 0.167. The molecule has 1 heterocycles. The number of fused-ring (bicyclic) bond motifs is 1. The van der Waals surface area contributed by atoms with Crippen molar-refractivity contribution in [1.82, 2.24) is 5.32 Å². The largest absolute Gasteiger partial charge is 0.454 e. The van der Waals surface area contributed by atoms with Crippen LogP contribution >= 0.6 is 11.8 Å². The zero-order valence-electron chi connectivity index (χ0n) is 16.8. The SMILES string of the molecule is O=C(CSCc1ccc(C(=O)NCc2ccc3c(c2)OCO3)cc1)Nc1ccccc1. The Morgan fingerprint density at radius 3 is 2.42 bits per heavy atom. The summed E-state index contributed by atoms with van der Waals surface area (Å²) in [7, 11) is 0. The molecule has 3 aromatic rings. The summed E-state index contributed by atoms with van der Waals surface area (Å²) < 4.78 is 10.7. The van der Waals surface area contributed by atoms with Gasteiger partial charge in [0.25, 0.3) is 5.91 Å². The molecule has 1 aliphatic heterocycles. The van der Waals surface area contributed by atoms with E-state index >= 15 is 0 Å². The van der Waals surface area contributed by atoms with Crippen molar-refractivity contribution in [3.63, 3.8) is 0 Å². The first-order chi connectivity index (χ1) is 15.2. The lowest BCUT2D eigenvalue weighted by Gasteiger charge is -2.08. The molecule has 0 saturated carbocycles. The van der Waals surface area contributed by atoms with Gasteiger partial charge in [0.2, 0.25) is 12.7 Å². The molecule has 6 nitrogen and oxygen atoms in total. The third kappa shape index (κ3) is 5.79. The van der Waals surface area contributed by atoms with E-state index in [0.29, 0.717) is 29.4 Å². The van der Waals surface area contributed by atoms with Crippen LogP contribution in [0.25, 0.3) is 0 Å². The highest BCUT2D eigenvalue weighted by molar-refractivity contribution is 7.99. The number of rotatable bonds is 8. The molecule has 4 rings (SSSR count). The van der Waals surface area contributed by atoms with Crippen LogP contribution in [-0.2, 0) is 17.1 Å². The van der Waals surface area contributed by atoms with Crippen LogP contribution < -0.4 is 20.1 Å². The fourth-order valence-electron chi connectivity index (χ4n) is 3.07. The predicted octanol–water partition coefficient (Wildman–Crippen LogP) is 4.22. The summed E-state index contributed by atoms with van der Waals surface area (Å²) >= 11 is 1.53. The van der Waals surface area contributed by atoms with Crippen LogP contribution in [0.15, 0.2) is 72.8 Å². The van der Waals surface area contributed by atoms with E-state index in [9.17, 15) is 9.59 Å². The average molecular weight is 435 g/mol. The fourth-order valence-corrected chi connectivity index (χ4v) is 3.86. The van der Waals surface area contributed by atoms with Gasteiger partial charge < -0.3 is 20.1 Å². The Kier molecular flexibility index (Phi) is 6.74. The van der Waals surface area contributed by atoms with Gasteiger partial charge in [0, 0.05) is 23.5 Å².